The lowest BCUT2D eigenvalue weighted by Gasteiger charge is -2.21. The third kappa shape index (κ3) is 3.53. The van der Waals surface area contributed by atoms with Gasteiger partial charge in [-0.1, -0.05) is 49.2 Å². The Labute approximate surface area is 157 Å². The fourth-order valence-corrected chi connectivity index (χ4v) is 3.60. The Kier molecular flexibility index (Phi) is 4.82. The van der Waals surface area contributed by atoms with Gasteiger partial charge in [0.2, 0.25) is 11.6 Å². The number of rotatable bonds is 4. The molecule has 1 saturated heterocycles. The third-order valence-corrected chi connectivity index (χ3v) is 4.93. The molecule has 0 spiro atoms. The minimum Gasteiger partial charge on any atom is -0.351 e. The molecule has 4 rings (SSSR count). The topological polar surface area (TPSA) is 84.2 Å². The van der Waals surface area contributed by atoms with E-state index in [1.807, 2.05) is 47.4 Å². The van der Waals surface area contributed by atoms with E-state index in [4.69, 9.17) is 0 Å². The zero-order valence-electron chi connectivity index (χ0n) is 15.0. The van der Waals surface area contributed by atoms with Crippen LogP contribution in [0.3, 0.4) is 0 Å². The summed E-state index contributed by atoms with van der Waals surface area (Å²) in [4.78, 5) is 22.0. The van der Waals surface area contributed by atoms with Gasteiger partial charge in [-0.15, -0.1) is 0 Å². The smallest absolute Gasteiger partial charge is 0.351 e. The number of hydrogen-bond acceptors (Lipinski definition) is 6. The summed E-state index contributed by atoms with van der Waals surface area (Å²) in [7, 11) is 0. The van der Waals surface area contributed by atoms with Gasteiger partial charge in [0.25, 0.3) is 0 Å². The Hall–Kier alpha value is -3.22. The average Bonchev–Trinajstić information content (AvgIpc) is 2.97. The molecule has 2 heterocycles. The van der Waals surface area contributed by atoms with Crippen LogP contribution in [-0.4, -0.2) is 28.0 Å². The van der Waals surface area contributed by atoms with E-state index < -0.39 is 0 Å². The maximum absolute atomic E-state index is 11.9. The first kappa shape index (κ1) is 17.2. The Morgan fingerprint density at radius 1 is 0.963 bits per heavy atom. The van der Waals surface area contributed by atoms with E-state index in [1.54, 1.807) is 0 Å². The molecule has 27 heavy (non-hydrogen) atoms. The normalized spacial score (nSPS) is 14.7. The van der Waals surface area contributed by atoms with Gasteiger partial charge in [0.1, 0.15) is 6.33 Å². The zero-order chi connectivity index (χ0) is 18.6. The first-order chi connectivity index (χ1) is 13.2. The summed E-state index contributed by atoms with van der Waals surface area (Å²) in [6.07, 6.45) is 5.74. The molecule has 0 aliphatic carbocycles. The van der Waals surface area contributed by atoms with Crippen LogP contribution in [-0.2, 0) is 0 Å². The second kappa shape index (κ2) is 7.57. The Balaban J connectivity index is 1.76. The molecule has 0 bridgehead atoms. The highest BCUT2D eigenvalue weighted by Gasteiger charge is 2.27. The SMILES string of the molecule is O=[N+]([O-])c1c(Nc2cccc3ccccc23)ncnc1N1CCCCCC1. The molecule has 7 nitrogen and oxygen atoms in total. The Bertz CT molecular complexity index is 962. The van der Waals surface area contributed by atoms with Gasteiger partial charge in [-0.3, -0.25) is 10.1 Å². The van der Waals surface area contributed by atoms with Crippen LogP contribution in [0.25, 0.3) is 10.8 Å². The number of nitrogens with zero attached hydrogens (tertiary/aromatic N) is 4. The van der Waals surface area contributed by atoms with Crippen LogP contribution in [0, 0.1) is 10.1 Å². The molecule has 0 atom stereocenters. The van der Waals surface area contributed by atoms with Gasteiger partial charge in [0.05, 0.1) is 4.92 Å². The van der Waals surface area contributed by atoms with Crippen LogP contribution in [0.15, 0.2) is 48.8 Å². The van der Waals surface area contributed by atoms with Crippen molar-refractivity contribution in [3.8, 4) is 0 Å². The summed E-state index contributed by atoms with van der Waals surface area (Å²) in [5, 5.41) is 17.1. The second-order valence-corrected chi connectivity index (χ2v) is 6.70. The monoisotopic (exact) mass is 363 g/mol. The minimum absolute atomic E-state index is 0.0627. The Morgan fingerprint density at radius 2 is 1.70 bits per heavy atom. The van der Waals surface area contributed by atoms with Crippen LogP contribution < -0.4 is 10.2 Å². The molecule has 0 unspecified atom stereocenters. The molecule has 2 aromatic carbocycles. The maximum atomic E-state index is 11.9. The Morgan fingerprint density at radius 3 is 2.48 bits per heavy atom. The van der Waals surface area contributed by atoms with Crippen LogP contribution in [0.5, 0.6) is 0 Å². The summed E-state index contributed by atoms with van der Waals surface area (Å²) in [5.74, 6) is 0.630. The molecule has 0 saturated carbocycles. The van der Waals surface area contributed by atoms with Gasteiger partial charge in [-0.05, 0) is 24.3 Å². The summed E-state index contributed by atoms with van der Waals surface area (Å²) in [6.45, 7) is 1.57. The molecule has 7 heteroatoms. The second-order valence-electron chi connectivity index (χ2n) is 6.70. The van der Waals surface area contributed by atoms with Crippen molar-refractivity contribution in [2.75, 3.05) is 23.3 Å². The number of hydrogen-bond donors (Lipinski definition) is 1. The number of anilines is 3. The molecule has 1 N–H and O–H groups in total. The number of benzene rings is 2. The van der Waals surface area contributed by atoms with E-state index in [2.05, 4.69) is 15.3 Å². The van der Waals surface area contributed by atoms with E-state index in [1.165, 1.54) is 6.33 Å². The largest absolute Gasteiger partial charge is 0.353 e. The molecular formula is C20H21N5O2. The van der Waals surface area contributed by atoms with Crippen LogP contribution in [0.2, 0.25) is 0 Å². The van der Waals surface area contributed by atoms with Crippen molar-refractivity contribution < 1.29 is 4.92 Å². The van der Waals surface area contributed by atoms with E-state index in [0.717, 1.165) is 55.2 Å². The standard InChI is InChI=1S/C20H21N5O2/c26-25(27)18-19(21-14-22-20(18)24-12-5-1-2-6-13-24)23-17-11-7-9-15-8-3-4-10-16(15)17/h3-4,7-11,14H,1-2,5-6,12-13H2,(H,21,22,23). The van der Waals surface area contributed by atoms with Gasteiger partial charge < -0.3 is 10.2 Å². The van der Waals surface area contributed by atoms with Crippen molar-refractivity contribution in [2.24, 2.45) is 0 Å². The maximum Gasteiger partial charge on any atom is 0.353 e. The molecule has 1 aliphatic rings. The van der Waals surface area contributed by atoms with Crippen LogP contribution >= 0.6 is 0 Å². The fourth-order valence-electron chi connectivity index (χ4n) is 3.60. The van der Waals surface area contributed by atoms with E-state index >= 15 is 0 Å². The van der Waals surface area contributed by atoms with Crippen molar-refractivity contribution in [1.82, 2.24) is 9.97 Å². The van der Waals surface area contributed by atoms with Crippen LogP contribution in [0.4, 0.5) is 23.0 Å². The zero-order valence-corrected chi connectivity index (χ0v) is 15.0. The number of fused-ring (bicyclic) bond motifs is 1. The lowest BCUT2D eigenvalue weighted by atomic mass is 10.1. The molecule has 1 fully saturated rings. The van der Waals surface area contributed by atoms with E-state index in [0.29, 0.717) is 5.82 Å². The summed E-state index contributed by atoms with van der Waals surface area (Å²) < 4.78 is 0. The quantitative estimate of drug-likeness (QED) is 0.536. The number of nitrogens with one attached hydrogen (secondary N) is 1. The van der Waals surface area contributed by atoms with Crippen molar-refractivity contribution in [3.05, 3.63) is 58.9 Å². The first-order valence-electron chi connectivity index (χ1n) is 9.23. The molecule has 1 aromatic heterocycles. The molecule has 0 amide bonds. The molecule has 138 valence electrons. The van der Waals surface area contributed by atoms with Crippen LogP contribution in [0.1, 0.15) is 25.7 Å². The number of aromatic nitrogens is 2. The molecule has 0 radical (unpaired) electrons. The van der Waals surface area contributed by atoms with Gasteiger partial charge in [0.15, 0.2) is 0 Å². The highest BCUT2D eigenvalue weighted by molar-refractivity contribution is 5.96. The predicted octanol–water partition coefficient (Wildman–Crippen LogP) is 4.66. The van der Waals surface area contributed by atoms with Gasteiger partial charge >= 0.3 is 5.69 Å². The molecule has 3 aromatic rings. The number of nitro groups is 1. The first-order valence-corrected chi connectivity index (χ1v) is 9.23. The van der Waals surface area contributed by atoms with Gasteiger partial charge in [-0.25, -0.2) is 9.97 Å². The molecule has 1 aliphatic heterocycles. The van der Waals surface area contributed by atoms with Crippen molar-refractivity contribution in [2.45, 2.75) is 25.7 Å². The summed E-state index contributed by atoms with van der Waals surface area (Å²) in [6, 6.07) is 13.8. The third-order valence-electron chi connectivity index (χ3n) is 4.93. The van der Waals surface area contributed by atoms with Gasteiger partial charge in [0, 0.05) is 24.2 Å². The molecular weight excluding hydrogens is 342 g/mol. The summed E-state index contributed by atoms with van der Waals surface area (Å²) in [5.41, 5.74) is 0.726. The van der Waals surface area contributed by atoms with Crippen molar-refractivity contribution >= 4 is 33.8 Å². The predicted molar refractivity (Wildman–Crippen MR) is 107 cm³/mol. The lowest BCUT2D eigenvalue weighted by Crippen LogP contribution is -2.26. The van der Waals surface area contributed by atoms with E-state index in [9.17, 15) is 10.1 Å². The van der Waals surface area contributed by atoms with Crippen molar-refractivity contribution in [1.29, 1.82) is 0 Å². The fraction of sp³-hybridized carbons (Fsp3) is 0.300. The highest BCUT2D eigenvalue weighted by atomic mass is 16.6. The summed E-state index contributed by atoms with van der Waals surface area (Å²) >= 11 is 0. The lowest BCUT2D eigenvalue weighted by molar-refractivity contribution is -0.383. The average molecular weight is 363 g/mol. The minimum atomic E-state index is -0.381. The highest BCUT2D eigenvalue weighted by Crippen LogP contribution is 2.36. The van der Waals surface area contributed by atoms with Gasteiger partial charge in [-0.2, -0.15) is 0 Å². The van der Waals surface area contributed by atoms with Crippen molar-refractivity contribution in [3.63, 3.8) is 0 Å². The van der Waals surface area contributed by atoms with E-state index in [-0.39, 0.29) is 16.4 Å².